The van der Waals surface area contributed by atoms with Crippen molar-refractivity contribution in [2.24, 2.45) is 23.7 Å². The second kappa shape index (κ2) is 43.6. The first-order valence-electron chi connectivity index (χ1n) is 32.2. The summed E-state index contributed by atoms with van der Waals surface area (Å²) >= 11 is 0. The highest BCUT2D eigenvalue weighted by Crippen LogP contribution is 2.38. The summed E-state index contributed by atoms with van der Waals surface area (Å²) in [6.45, 7) is 11.7. The van der Waals surface area contributed by atoms with Gasteiger partial charge in [0, 0.05) is 12.8 Å². The van der Waals surface area contributed by atoms with Crippen molar-refractivity contribution < 1.29 is 53.1 Å². The van der Waals surface area contributed by atoms with Gasteiger partial charge in [-0.25, -0.2) is 0 Å². The maximum Gasteiger partial charge on any atom is 0.311 e. The van der Waals surface area contributed by atoms with E-state index >= 15 is 0 Å². The quantitative estimate of drug-likeness (QED) is 0.0202. The number of rotatable bonds is 36. The highest BCUT2D eigenvalue weighted by atomic mass is 16.7. The summed E-state index contributed by atoms with van der Waals surface area (Å²) < 4.78 is 28.7. The molecule has 11 nitrogen and oxygen atoms in total. The molecule has 0 radical (unpaired) electrons. The molecule has 6 atom stereocenters. The number of hydrogen-bond acceptors (Lipinski definition) is 9. The van der Waals surface area contributed by atoms with Crippen LogP contribution in [0.3, 0.4) is 0 Å². The number of carboxylic acid groups (broad SMARTS) is 2. The Morgan fingerprint density at radius 2 is 0.948 bits per heavy atom. The molecular weight excluding hydrogens is 969 g/mol. The van der Waals surface area contributed by atoms with Crippen molar-refractivity contribution >= 4 is 23.9 Å². The lowest BCUT2D eigenvalue weighted by atomic mass is 9.76. The van der Waals surface area contributed by atoms with Crippen molar-refractivity contribution in [3.8, 4) is 0 Å². The molecule has 6 unspecified atom stereocenters. The van der Waals surface area contributed by atoms with Crippen LogP contribution in [-0.4, -0.2) is 65.0 Å². The number of esters is 2. The topological polar surface area (TPSA) is 155 Å². The molecule has 0 aromatic rings. The van der Waals surface area contributed by atoms with Crippen molar-refractivity contribution in [3.63, 3.8) is 0 Å². The van der Waals surface area contributed by atoms with Gasteiger partial charge in [-0.3, -0.25) is 19.2 Å². The summed E-state index contributed by atoms with van der Waals surface area (Å²) in [5.74, 6) is -1.22. The van der Waals surface area contributed by atoms with Gasteiger partial charge in [0.2, 0.25) is 0 Å². The molecule has 0 saturated heterocycles. The fourth-order valence-corrected chi connectivity index (χ4v) is 12.4. The molecule has 3 fully saturated rings. The van der Waals surface area contributed by atoms with Crippen LogP contribution >= 0.6 is 0 Å². The number of unbranched alkanes of at least 4 members (excludes halogenated alkanes) is 14. The van der Waals surface area contributed by atoms with Crippen molar-refractivity contribution in [2.75, 3.05) is 0 Å². The molecule has 11 heteroatoms. The molecular formula is C66H114O11. The standard InChI is InChI=1S/C37H64O6.C21H36O4.C8H14O/c1-4-5-6-12-19-31-26-27-32(35(28-31)37(39)43-30(3)41-34-23-16-11-17-24-34)20-13-8-7-9-18-25-36(38)42-29(2)40-33-21-14-10-15-22-33;1-2-3-4-8-11-17-14-15-18(19(16-17)21(24)25)12-9-6-5-7-10-13-20(22)23;1-2-9-8-6-4-3-5-7-8/h26,29-30,32-35H,4-25,27-28H2,1-3H3;14,18-19H,2-13,15-16H2,1H3,(H,22,23)(H,24,25);2,8H,1,3-7H2. The molecule has 0 aliphatic heterocycles. The van der Waals surface area contributed by atoms with Crippen LogP contribution in [0.1, 0.15) is 304 Å². The average molecular weight is 1080 g/mol. The molecule has 0 bridgehead atoms. The summed E-state index contributed by atoms with van der Waals surface area (Å²) in [5, 5.41) is 18.2. The summed E-state index contributed by atoms with van der Waals surface area (Å²) in [4.78, 5) is 47.8. The third-order valence-corrected chi connectivity index (χ3v) is 17.1. The third kappa shape index (κ3) is 32.6. The van der Waals surface area contributed by atoms with Gasteiger partial charge >= 0.3 is 23.9 Å². The van der Waals surface area contributed by atoms with Crippen molar-refractivity contribution in [1.29, 1.82) is 0 Å². The zero-order valence-electron chi connectivity index (χ0n) is 49.6. The highest BCUT2D eigenvalue weighted by Gasteiger charge is 2.34. The molecule has 444 valence electrons. The Labute approximate surface area is 469 Å². The Bertz CT molecular complexity index is 1620. The Hall–Kier alpha value is -3.18. The van der Waals surface area contributed by atoms with Gasteiger partial charge in [0.1, 0.15) is 0 Å². The third-order valence-electron chi connectivity index (χ3n) is 17.1. The average Bonchev–Trinajstić information content (AvgIpc) is 3.42. The zero-order chi connectivity index (χ0) is 55.7. The monoisotopic (exact) mass is 1080 g/mol. The van der Waals surface area contributed by atoms with E-state index in [9.17, 15) is 24.3 Å². The molecule has 0 spiro atoms. The normalized spacial score (nSPS) is 22.1. The van der Waals surface area contributed by atoms with Gasteiger partial charge in [-0.05, 0) is 154 Å². The van der Waals surface area contributed by atoms with E-state index < -0.39 is 24.5 Å². The molecule has 2 N–H and O–H groups in total. The van der Waals surface area contributed by atoms with E-state index in [1.54, 1.807) is 6.26 Å². The van der Waals surface area contributed by atoms with Crippen molar-refractivity contribution in [2.45, 2.75) is 335 Å². The molecule has 77 heavy (non-hydrogen) atoms. The molecule has 0 heterocycles. The van der Waals surface area contributed by atoms with Crippen LogP contribution in [0.25, 0.3) is 0 Å². The largest absolute Gasteiger partial charge is 0.499 e. The van der Waals surface area contributed by atoms with Crippen LogP contribution in [0.2, 0.25) is 0 Å². The fraction of sp³-hybridized carbons (Fsp3) is 0.848. The predicted octanol–water partition coefficient (Wildman–Crippen LogP) is 18.4. The maximum atomic E-state index is 13.4. The van der Waals surface area contributed by atoms with Gasteiger partial charge < -0.3 is 33.9 Å². The molecule has 5 aliphatic carbocycles. The smallest absolute Gasteiger partial charge is 0.311 e. The molecule has 5 aliphatic rings. The predicted molar refractivity (Wildman–Crippen MR) is 311 cm³/mol. The van der Waals surface area contributed by atoms with Crippen LogP contribution in [0, 0.1) is 23.7 Å². The maximum absolute atomic E-state index is 13.4. The summed E-state index contributed by atoms with van der Waals surface area (Å²) in [6, 6.07) is 0. The first kappa shape index (κ1) is 68.1. The first-order valence-corrected chi connectivity index (χ1v) is 32.2. The number of aliphatic carboxylic acids is 2. The fourth-order valence-electron chi connectivity index (χ4n) is 12.4. The summed E-state index contributed by atoms with van der Waals surface area (Å²) in [5.41, 5.74) is 2.80. The number of carbonyl (C=O) groups excluding carboxylic acids is 2. The Morgan fingerprint density at radius 1 is 0.532 bits per heavy atom. The lowest BCUT2D eigenvalue weighted by molar-refractivity contribution is -0.193. The van der Waals surface area contributed by atoms with Gasteiger partial charge in [0.15, 0.2) is 12.6 Å². The van der Waals surface area contributed by atoms with Crippen LogP contribution in [0.5, 0.6) is 0 Å². The Morgan fingerprint density at radius 3 is 1.42 bits per heavy atom. The Kier molecular flexibility index (Phi) is 38.6. The van der Waals surface area contributed by atoms with Gasteiger partial charge in [0.05, 0.1) is 36.4 Å². The summed E-state index contributed by atoms with van der Waals surface area (Å²) in [6.07, 6.45) is 53.1. The van der Waals surface area contributed by atoms with E-state index in [0.717, 1.165) is 141 Å². The molecule has 0 amide bonds. The van der Waals surface area contributed by atoms with Gasteiger partial charge in [-0.15, -0.1) is 0 Å². The molecule has 0 aromatic heterocycles. The number of hydrogen-bond donors (Lipinski definition) is 2. The summed E-state index contributed by atoms with van der Waals surface area (Å²) in [7, 11) is 0. The van der Waals surface area contributed by atoms with Gasteiger partial charge in [-0.1, -0.05) is 179 Å². The second-order valence-corrected chi connectivity index (χ2v) is 23.7. The van der Waals surface area contributed by atoms with Crippen molar-refractivity contribution in [1.82, 2.24) is 0 Å². The van der Waals surface area contributed by atoms with Crippen LogP contribution in [0.15, 0.2) is 36.1 Å². The number of allylic oxidation sites excluding steroid dienone is 4. The minimum Gasteiger partial charge on any atom is -0.499 e. The number of carbonyl (C=O) groups is 4. The van der Waals surface area contributed by atoms with E-state index in [-0.39, 0.29) is 48.3 Å². The molecule has 3 saturated carbocycles. The minimum absolute atomic E-state index is 0.0591. The van der Waals surface area contributed by atoms with E-state index in [1.807, 2.05) is 13.8 Å². The van der Waals surface area contributed by atoms with Gasteiger partial charge in [-0.2, -0.15) is 0 Å². The highest BCUT2D eigenvalue weighted by molar-refractivity contribution is 5.73. The zero-order valence-corrected chi connectivity index (χ0v) is 49.6. The Balaban J connectivity index is 0.000000382. The van der Waals surface area contributed by atoms with Crippen molar-refractivity contribution in [3.05, 3.63) is 36.1 Å². The van der Waals surface area contributed by atoms with E-state index in [0.29, 0.717) is 18.4 Å². The SMILES string of the molecule is C=COC1CCCCC1.CCCCCCC1=CCC(CCCCCCCC(=O)O)C(C(=O)O)C1.CCCCCCC1=CCC(CCCCCCCC(=O)OC(C)OC2CCCCC2)C(C(=O)OC(C)OC2CCCCC2)C1. The molecule has 5 rings (SSSR count). The lowest BCUT2D eigenvalue weighted by Crippen LogP contribution is -2.33. The first-order chi connectivity index (χ1) is 37.4. The van der Waals surface area contributed by atoms with E-state index in [2.05, 4.69) is 32.6 Å². The number of carboxylic acids is 2. The second-order valence-electron chi connectivity index (χ2n) is 23.7. The van der Waals surface area contributed by atoms with Crippen LogP contribution in [-0.2, 0) is 42.9 Å². The lowest BCUT2D eigenvalue weighted by Gasteiger charge is -2.32. The van der Waals surface area contributed by atoms with E-state index in [4.69, 9.17) is 28.8 Å². The number of ether oxygens (including phenoxy) is 5. The minimum atomic E-state index is -0.719. The molecule has 0 aromatic carbocycles. The van der Waals surface area contributed by atoms with E-state index in [1.165, 1.54) is 133 Å². The van der Waals surface area contributed by atoms with Gasteiger partial charge in [0.25, 0.3) is 0 Å². The van der Waals surface area contributed by atoms with Crippen LogP contribution in [0.4, 0.5) is 0 Å². The van der Waals surface area contributed by atoms with Crippen LogP contribution < -0.4 is 0 Å².